The number of hydrogen-bond donors (Lipinski definition) is 2. The number of rotatable bonds is 6. The van der Waals surface area contributed by atoms with Crippen molar-refractivity contribution in [3.05, 3.63) is 65.2 Å². The largest absolute Gasteiger partial charge is 0.478 e. The zero-order chi connectivity index (χ0) is 17.6. The van der Waals surface area contributed by atoms with E-state index < -0.39 is 5.97 Å². The van der Waals surface area contributed by atoms with Crippen LogP contribution in [0.4, 0.5) is 5.69 Å². The monoisotopic (exact) mass is 338 g/mol. The Labute approximate surface area is 147 Å². The fraction of sp³-hybridized carbons (Fsp3) is 0.300. The van der Waals surface area contributed by atoms with Crippen LogP contribution < -0.4 is 5.32 Å². The number of nitrogens with zero attached hydrogens (tertiary/aromatic N) is 1. The van der Waals surface area contributed by atoms with E-state index in [1.807, 2.05) is 35.2 Å². The van der Waals surface area contributed by atoms with Crippen molar-refractivity contribution in [2.75, 3.05) is 11.9 Å². The molecule has 1 fully saturated rings. The summed E-state index contributed by atoms with van der Waals surface area (Å²) >= 11 is 0. The van der Waals surface area contributed by atoms with Gasteiger partial charge in [0.1, 0.15) is 0 Å². The molecule has 1 aliphatic rings. The number of amides is 1. The molecule has 130 valence electrons. The number of piperidine rings is 1. The van der Waals surface area contributed by atoms with Crippen molar-refractivity contribution in [2.24, 2.45) is 0 Å². The molecule has 2 aromatic carbocycles. The Balaban J connectivity index is 1.59. The number of likely N-dealkylation sites (tertiary alicyclic amines) is 1. The van der Waals surface area contributed by atoms with Gasteiger partial charge in [0.2, 0.25) is 5.91 Å². The lowest BCUT2D eigenvalue weighted by Crippen LogP contribution is -2.34. The molecule has 2 aromatic rings. The first-order chi connectivity index (χ1) is 12.1. The third-order valence-electron chi connectivity index (χ3n) is 4.42. The summed E-state index contributed by atoms with van der Waals surface area (Å²) in [6, 6.07) is 14.9. The van der Waals surface area contributed by atoms with Crippen LogP contribution in [0.5, 0.6) is 0 Å². The predicted octanol–water partition coefficient (Wildman–Crippen LogP) is 3.51. The first-order valence-electron chi connectivity index (χ1n) is 8.54. The number of aromatic carboxylic acids is 1. The Bertz CT molecular complexity index is 756. The third kappa shape index (κ3) is 4.59. The standard InChI is InChI=1S/C20H22N2O3/c23-19-6-1-2-11-22(19)14-16-4-3-5-18(12-16)21-13-15-7-9-17(10-8-15)20(24)25/h3-5,7-10,12,21H,1-2,6,11,13-14H2,(H,24,25). The minimum absolute atomic E-state index is 0.239. The van der Waals surface area contributed by atoms with Crippen molar-refractivity contribution in [3.8, 4) is 0 Å². The van der Waals surface area contributed by atoms with Gasteiger partial charge >= 0.3 is 5.97 Å². The van der Waals surface area contributed by atoms with Gasteiger partial charge in [0.15, 0.2) is 0 Å². The molecule has 0 aliphatic carbocycles. The van der Waals surface area contributed by atoms with Crippen LogP contribution in [-0.2, 0) is 17.9 Å². The topological polar surface area (TPSA) is 69.6 Å². The molecule has 1 heterocycles. The second kappa shape index (κ2) is 7.83. The Hall–Kier alpha value is -2.82. The van der Waals surface area contributed by atoms with Crippen LogP contribution in [-0.4, -0.2) is 28.4 Å². The fourth-order valence-electron chi connectivity index (χ4n) is 3.00. The van der Waals surface area contributed by atoms with Crippen molar-refractivity contribution in [2.45, 2.75) is 32.4 Å². The van der Waals surface area contributed by atoms with Gasteiger partial charge in [-0.3, -0.25) is 4.79 Å². The van der Waals surface area contributed by atoms with Gasteiger partial charge in [0.05, 0.1) is 5.56 Å². The van der Waals surface area contributed by atoms with Gasteiger partial charge in [-0.25, -0.2) is 4.79 Å². The summed E-state index contributed by atoms with van der Waals surface area (Å²) in [6.07, 6.45) is 2.73. The summed E-state index contributed by atoms with van der Waals surface area (Å²) in [6.45, 7) is 2.11. The molecule has 0 spiro atoms. The maximum Gasteiger partial charge on any atom is 0.335 e. The molecule has 25 heavy (non-hydrogen) atoms. The van der Waals surface area contributed by atoms with Gasteiger partial charge in [-0.2, -0.15) is 0 Å². The smallest absolute Gasteiger partial charge is 0.335 e. The van der Waals surface area contributed by atoms with E-state index in [1.165, 1.54) is 0 Å². The molecule has 5 heteroatoms. The number of benzene rings is 2. The van der Waals surface area contributed by atoms with Crippen LogP contribution in [0.25, 0.3) is 0 Å². The predicted molar refractivity (Wildman–Crippen MR) is 96.4 cm³/mol. The molecule has 0 aromatic heterocycles. The molecule has 0 bridgehead atoms. The Morgan fingerprint density at radius 2 is 1.88 bits per heavy atom. The molecule has 0 unspecified atom stereocenters. The van der Waals surface area contributed by atoms with Gasteiger partial charge in [-0.05, 0) is 48.2 Å². The van der Waals surface area contributed by atoms with Gasteiger partial charge in [0, 0.05) is 31.7 Å². The zero-order valence-electron chi connectivity index (χ0n) is 14.1. The highest BCUT2D eigenvalue weighted by Crippen LogP contribution is 2.17. The minimum atomic E-state index is -0.917. The maximum atomic E-state index is 11.9. The molecule has 0 saturated carbocycles. The SMILES string of the molecule is O=C(O)c1ccc(CNc2cccc(CN3CCCCC3=O)c2)cc1. The summed E-state index contributed by atoms with van der Waals surface area (Å²) in [4.78, 5) is 24.7. The number of carbonyl (C=O) groups is 2. The zero-order valence-corrected chi connectivity index (χ0v) is 14.1. The molecule has 1 saturated heterocycles. The lowest BCUT2D eigenvalue weighted by molar-refractivity contribution is -0.133. The molecule has 3 rings (SSSR count). The first-order valence-corrected chi connectivity index (χ1v) is 8.54. The average Bonchev–Trinajstić information content (AvgIpc) is 2.63. The highest BCUT2D eigenvalue weighted by Gasteiger charge is 2.17. The fourth-order valence-corrected chi connectivity index (χ4v) is 3.00. The van der Waals surface area contributed by atoms with Crippen molar-refractivity contribution in [3.63, 3.8) is 0 Å². The third-order valence-corrected chi connectivity index (χ3v) is 4.42. The summed E-state index contributed by atoms with van der Waals surface area (Å²) < 4.78 is 0. The number of nitrogens with one attached hydrogen (secondary N) is 1. The van der Waals surface area contributed by atoms with Crippen molar-refractivity contribution in [1.29, 1.82) is 0 Å². The van der Waals surface area contributed by atoms with Gasteiger partial charge in [-0.1, -0.05) is 24.3 Å². The van der Waals surface area contributed by atoms with Crippen LogP contribution >= 0.6 is 0 Å². The van der Waals surface area contributed by atoms with Crippen molar-refractivity contribution < 1.29 is 14.7 Å². The van der Waals surface area contributed by atoms with E-state index in [0.29, 0.717) is 19.5 Å². The van der Waals surface area contributed by atoms with Crippen molar-refractivity contribution >= 4 is 17.6 Å². The van der Waals surface area contributed by atoms with Crippen LogP contribution in [0.1, 0.15) is 40.7 Å². The molecular formula is C20H22N2O3. The molecule has 2 N–H and O–H groups in total. The molecule has 1 aliphatic heterocycles. The minimum Gasteiger partial charge on any atom is -0.478 e. The quantitative estimate of drug-likeness (QED) is 0.846. The molecule has 5 nitrogen and oxygen atoms in total. The normalized spacial score (nSPS) is 14.4. The van der Waals surface area contributed by atoms with E-state index in [0.717, 1.165) is 36.2 Å². The maximum absolute atomic E-state index is 11.9. The summed E-state index contributed by atoms with van der Waals surface area (Å²) in [7, 11) is 0. The van der Waals surface area contributed by atoms with Gasteiger partial charge in [0.25, 0.3) is 0 Å². The van der Waals surface area contributed by atoms with Crippen LogP contribution in [0.15, 0.2) is 48.5 Å². The average molecular weight is 338 g/mol. The Morgan fingerprint density at radius 1 is 1.08 bits per heavy atom. The molecule has 0 radical (unpaired) electrons. The van der Waals surface area contributed by atoms with E-state index in [1.54, 1.807) is 12.1 Å². The van der Waals surface area contributed by atoms with E-state index in [2.05, 4.69) is 11.4 Å². The number of hydrogen-bond acceptors (Lipinski definition) is 3. The molecule has 1 amide bonds. The van der Waals surface area contributed by atoms with Gasteiger partial charge < -0.3 is 15.3 Å². The number of carboxylic acid groups (broad SMARTS) is 1. The van der Waals surface area contributed by atoms with E-state index in [-0.39, 0.29) is 11.5 Å². The van der Waals surface area contributed by atoms with Gasteiger partial charge in [-0.15, -0.1) is 0 Å². The highest BCUT2D eigenvalue weighted by molar-refractivity contribution is 5.87. The summed E-state index contributed by atoms with van der Waals surface area (Å²) in [5.74, 6) is -0.678. The second-order valence-corrected chi connectivity index (χ2v) is 6.33. The highest BCUT2D eigenvalue weighted by atomic mass is 16.4. The van der Waals surface area contributed by atoms with Crippen LogP contribution in [0.3, 0.4) is 0 Å². The Morgan fingerprint density at radius 3 is 2.60 bits per heavy atom. The van der Waals surface area contributed by atoms with Crippen LogP contribution in [0.2, 0.25) is 0 Å². The van der Waals surface area contributed by atoms with Crippen molar-refractivity contribution in [1.82, 2.24) is 4.90 Å². The number of carbonyl (C=O) groups excluding carboxylic acids is 1. The summed E-state index contributed by atoms with van der Waals surface area (Å²) in [5.41, 5.74) is 3.41. The molecule has 0 atom stereocenters. The molecular weight excluding hydrogens is 316 g/mol. The Kier molecular flexibility index (Phi) is 5.33. The van der Waals surface area contributed by atoms with Crippen LogP contribution in [0, 0.1) is 0 Å². The second-order valence-electron chi connectivity index (χ2n) is 6.33. The lowest BCUT2D eigenvalue weighted by atomic mass is 10.1. The van der Waals surface area contributed by atoms with E-state index in [9.17, 15) is 9.59 Å². The first kappa shape index (κ1) is 17.0. The van der Waals surface area contributed by atoms with E-state index in [4.69, 9.17) is 5.11 Å². The lowest BCUT2D eigenvalue weighted by Gasteiger charge is -2.26. The summed E-state index contributed by atoms with van der Waals surface area (Å²) in [5, 5.41) is 12.3. The van der Waals surface area contributed by atoms with E-state index >= 15 is 0 Å². The number of anilines is 1. The number of carboxylic acids is 1.